The van der Waals surface area contributed by atoms with Gasteiger partial charge in [-0.15, -0.1) is 11.3 Å². The van der Waals surface area contributed by atoms with E-state index >= 15 is 0 Å². The second kappa shape index (κ2) is 7.27. The van der Waals surface area contributed by atoms with E-state index in [4.69, 9.17) is 9.47 Å². The van der Waals surface area contributed by atoms with Crippen LogP contribution in [-0.2, 0) is 13.1 Å². The molecular weight excluding hydrogens is 388 g/mol. The fourth-order valence-corrected chi connectivity index (χ4v) is 4.37. The smallest absolute Gasteiger partial charge is 0.345 e. The van der Waals surface area contributed by atoms with Gasteiger partial charge in [0.25, 0.3) is 0 Å². The minimum atomic E-state index is -0.900. The summed E-state index contributed by atoms with van der Waals surface area (Å²) in [5.41, 5.74) is 3.35. The second-order valence-electron chi connectivity index (χ2n) is 6.78. The highest BCUT2D eigenvalue weighted by Gasteiger charge is 2.15. The molecule has 0 bridgehead atoms. The first-order valence-corrected chi connectivity index (χ1v) is 10.0. The Hall–Kier alpha value is -3.29. The van der Waals surface area contributed by atoms with Crippen molar-refractivity contribution in [3.8, 4) is 16.5 Å². The molecule has 2 aromatic heterocycles. The summed E-state index contributed by atoms with van der Waals surface area (Å²) in [4.78, 5) is 11.6. The lowest BCUT2D eigenvalue weighted by Crippen LogP contribution is -2.12. The molecule has 0 fully saturated rings. The van der Waals surface area contributed by atoms with Crippen molar-refractivity contribution < 1.29 is 19.4 Å². The average molecular weight is 406 g/mol. The van der Waals surface area contributed by atoms with Crippen LogP contribution in [0.2, 0.25) is 0 Å². The summed E-state index contributed by atoms with van der Waals surface area (Å²) in [5, 5.41) is 14.7. The second-order valence-corrected chi connectivity index (χ2v) is 7.84. The van der Waals surface area contributed by atoms with E-state index < -0.39 is 5.97 Å². The largest absolute Gasteiger partial charge is 0.477 e. The fourth-order valence-electron chi connectivity index (χ4n) is 3.54. The van der Waals surface area contributed by atoms with Crippen LogP contribution >= 0.6 is 11.3 Å². The molecule has 0 spiro atoms. The summed E-state index contributed by atoms with van der Waals surface area (Å²) >= 11 is 1.27. The molecule has 0 radical (unpaired) electrons. The Morgan fingerprint density at radius 1 is 1.07 bits per heavy atom. The van der Waals surface area contributed by atoms with Crippen molar-refractivity contribution in [2.75, 3.05) is 6.79 Å². The average Bonchev–Trinajstić information content (AvgIpc) is 3.46. The third-order valence-corrected chi connectivity index (χ3v) is 5.99. The molecule has 2 N–H and O–H groups in total. The van der Waals surface area contributed by atoms with Gasteiger partial charge in [-0.25, -0.2) is 4.79 Å². The number of fused-ring (bicyclic) bond motifs is 2. The number of thiophene rings is 1. The van der Waals surface area contributed by atoms with Crippen LogP contribution in [0.25, 0.3) is 15.9 Å². The van der Waals surface area contributed by atoms with E-state index in [9.17, 15) is 9.90 Å². The van der Waals surface area contributed by atoms with Gasteiger partial charge in [0.1, 0.15) is 9.88 Å². The predicted octanol–water partition coefficient (Wildman–Crippen LogP) is 4.41. The standard InChI is InChI=1S/C22H18N2O4S/c25-22(26)20-7-8-21(29-20)24-12-15(16-3-1-2-4-17(16)24)11-23-10-14-5-6-18-19(9-14)28-13-27-18/h1-9,12,23H,10-11,13H2,(H,25,26). The van der Waals surface area contributed by atoms with E-state index in [2.05, 4.69) is 28.2 Å². The molecule has 1 aliphatic heterocycles. The highest BCUT2D eigenvalue weighted by molar-refractivity contribution is 7.16. The number of carbonyl (C=O) groups is 1. The SMILES string of the molecule is O=C(O)c1ccc(-n2cc(CNCc3ccc4c(c3)OCO4)c3ccccc32)s1. The number of aromatic carboxylic acids is 1. The van der Waals surface area contributed by atoms with Gasteiger partial charge in [-0.1, -0.05) is 24.3 Å². The van der Waals surface area contributed by atoms with Gasteiger partial charge in [-0.3, -0.25) is 0 Å². The third-order valence-electron chi connectivity index (χ3n) is 4.92. The van der Waals surface area contributed by atoms with Gasteiger partial charge in [0, 0.05) is 24.7 Å². The summed E-state index contributed by atoms with van der Waals surface area (Å²) < 4.78 is 12.9. The first-order chi connectivity index (χ1) is 14.2. The highest BCUT2D eigenvalue weighted by atomic mass is 32.1. The number of para-hydroxylation sites is 1. The molecule has 146 valence electrons. The van der Waals surface area contributed by atoms with E-state index in [-0.39, 0.29) is 6.79 Å². The van der Waals surface area contributed by atoms with Crippen molar-refractivity contribution in [1.82, 2.24) is 9.88 Å². The number of rotatable bonds is 6. The maximum absolute atomic E-state index is 11.2. The van der Waals surface area contributed by atoms with Crippen LogP contribution in [0.5, 0.6) is 11.5 Å². The zero-order valence-electron chi connectivity index (χ0n) is 15.4. The van der Waals surface area contributed by atoms with Gasteiger partial charge < -0.3 is 24.5 Å². The molecule has 29 heavy (non-hydrogen) atoms. The summed E-state index contributed by atoms with van der Waals surface area (Å²) in [5.74, 6) is 0.671. The van der Waals surface area contributed by atoms with Crippen LogP contribution in [-0.4, -0.2) is 22.4 Å². The number of nitrogens with zero attached hydrogens (tertiary/aromatic N) is 1. The number of carboxylic acids is 1. The molecule has 3 heterocycles. The van der Waals surface area contributed by atoms with Crippen molar-refractivity contribution in [2.45, 2.75) is 13.1 Å². The number of nitrogens with one attached hydrogen (secondary N) is 1. The fraction of sp³-hybridized carbons (Fsp3) is 0.136. The van der Waals surface area contributed by atoms with Crippen molar-refractivity contribution in [2.24, 2.45) is 0 Å². The maximum Gasteiger partial charge on any atom is 0.345 e. The molecule has 0 unspecified atom stereocenters. The van der Waals surface area contributed by atoms with Crippen molar-refractivity contribution in [3.63, 3.8) is 0 Å². The van der Waals surface area contributed by atoms with Gasteiger partial charge in [0.2, 0.25) is 6.79 Å². The quantitative estimate of drug-likeness (QED) is 0.496. The van der Waals surface area contributed by atoms with Crippen LogP contribution in [0.15, 0.2) is 60.8 Å². The lowest BCUT2D eigenvalue weighted by atomic mass is 10.1. The number of hydrogen-bond donors (Lipinski definition) is 2. The number of benzene rings is 2. The Kier molecular flexibility index (Phi) is 4.46. The van der Waals surface area contributed by atoms with Crippen LogP contribution in [0.3, 0.4) is 0 Å². The minimum Gasteiger partial charge on any atom is -0.477 e. The van der Waals surface area contributed by atoms with Crippen molar-refractivity contribution >= 4 is 28.2 Å². The van der Waals surface area contributed by atoms with E-state index in [0.29, 0.717) is 18.0 Å². The minimum absolute atomic E-state index is 0.276. The van der Waals surface area contributed by atoms with E-state index in [1.165, 1.54) is 11.3 Å². The molecule has 2 aromatic carbocycles. The van der Waals surface area contributed by atoms with Crippen LogP contribution in [0, 0.1) is 0 Å². The highest BCUT2D eigenvalue weighted by Crippen LogP contribution is 2.33. The zero-order valence-corrected chi connectivity index (χ0v) is 16.2. The molecule has 0 saturated carbocycles. The van der Waals surface area contributed by atoms with Gasteiger partial charge in [0.05, 0.1) is 5.52 Å². The topological polar surface area (TPSA) is 72.7 Å². The molecule has 7 heteroatoms. The Bertz CT molecular complexity index is 1210. The first-order valence-electron chi connectivity index (χ1n) is 9.21. The van der Waals surface area contributed by atoms with Gasteiger partial charge in [-0.05, 0) is 41.5 Å². The maximum atomic E-state index is 11.2. The number of hydrogen-bond acceptors (Lipinski definition) is 5. The molecule has 4 aromatic rings. The van der Waals surface area contributed by atoms with Crippen LogP contribution in [0.1, 0.15) is 20.8 Å². The third kappa shape index (κ3) is 3.35. The van der Waals surface area contributed by atoms with Crippen LogP contribution in [0.4, 0.5) is 0 Å². The van der Waals surface area contributed by atoms with Crippen LogP contribution < -0.4 is 14.8 Å². The number of carboxylic acid groups (broad SMARTS) is 1. The zero-order chi connectivity index (χ0) is 19.8. The molecular formula is C22H18N2O4S. The molecule has 0 saturated heterocycles. The van der Waals surface area contributed by atoms with E-state index in [0.717, 1.165) is 38.5 Å². The van der Waals surface area contributed by atoms with Gasteiger partial charge in [-0.2, -0.15) is 0 Å². The molecule has 0 aliphatic carbocycles. The normalized spacial score (nSPS) is 12.6. The first kappa shape index (κ1) is 17.8. The van der Waals surface area contributed by atoms with E-state index in [1.807, 2.05) is 36.4 Å². The Balaban J connectivity index is 1.38. The Labute approximate surface area is 170 Å². The molecule has 5 rings (SSSR count). The van der Waals surface area contributed by atoms with E-state index in [1.54, 1.807) is 6.07 Å². The Morgan fingerprint density at radius 2 is 1.93 bits per heavy atom. The van der Waals surface area contributed by atoms with Gasteiger partial charge >= 0.3 is 5.97 Å². The van der Waals surface area contributed by atoms with Crippen molar-refractivity contribution in [3.05, 3.63) is 76.8 Å². The van der Waals surface area contributed by atoms with Crippen molar-refractivity contribution in [1.29, 1.82) is 0 Å². The monoisotopic (exact) mass is 406 g/mol. The summed E-state index contributed by atoms with van der Waals surface area (Å²) in [6.07, 6.45) is 2.08. The molecule has 0 amide bonds. The predicted molar refractivity (Wildman–Crippen MR) is 111 cm³/mol. The molecule has 6 nitrogen and oxygen atoms in total. The van der Waals surface area contributed by atoms with Gasteiger partial charge in [0.15, 0.2) is 11.5 Å². The summed E-state index contributed by atoms with van der Waals surface area (Å²) in [7, 11) is 0. The number of aromatic nitrogens is 1. The molecule has 0 atom stereocenters. The molecule has 1 aliphatic rings. The lowest BCUT2D eigenvalue weighted by molar-refractivity contribution is 0.0702. The summed E-state index contributed by atoms with van der Waals surface area (Å²) in [6, 6.07) is 17.6. The lowest BCUT2D eigenvalue weighted by Gasteiger charge is -2.05. The summed E-state index contributed by atoms with van der Waals surface area (Å²) in [6.45, 7) is 1.68. The Morgan fingerprint density at radius 3 is 2.79 bits per heavy atom. The number of ether oxygens (including phenoxy) is 2.